The topological polar surface area (TPSA) is 77.0 Å². The van der Waals surface area contributed by atoms with Crippen molar-refractivity contribution in [2.24, 2.45) is 5.92 Å². The van der Waals surface area contributed by atoms with Gasteiger partial charge in [-0.25, -0.2) is 0 Å². The second-order valence-corrected chi connectivity index (χ2v) is 3.64. The third-order valence-corrected chi connectivity index (χ3v) is 2.65. The van der Waals surface area contributed by atoms with E-state index in [2.05, 4.69) is 16.0 Å². The second kappa shape index (κ2) is 4.32. The Morgan fingerprint density at radius 2 is 2.12 bits per heavy atom. The third-order valence-electron chi connectivity index (χ3n) is 2.65. The number of fused-ring (bicyclic) bond motifs is 1. The highest BCUT2D eigenvalue weighted by molar-refractivity contribution is 6.05. The summed E-state index contributed by atoms with van der Waals surface area (Å²) in [4.78, 5) is 11.8. The molecule has 2 atom stereocenters. The minimum Gasteiger partial charge on any atom is -0.367 e. The van der Waals surface area contributed by atoms with Crippen molar-refractivity contribution in [3.63, 3.8) is 0 Å². The van der Waals surface area contributed by atoms with E-state index in [-0.39, 0.29) is 14.9 Å². The molecule has 0 radical (unpaired) electrons. The van der Waals surface area contributed by atoms with Gasteiger partial charge in [-0.15, -0.1) is 0 Å². The van der Waals surface area contributed by atoms with Crippen LogP contribution in [-0.4, -0.2) is 25.3 Å². The van der Waals surface area contributed by atoms with Gasteiger partial charge in [0.2, 0.25) is 5.91 Å². The highest BCUT2D eigenvalue weighted by Crippen LogP contribution is 2.26. The molecule has 88 valence electrons. The van der Waals surface area contributed by atoms with Crippen LogP contribution in [0, 0.1) is 11.3 Å². The lowest BCUT2D eigenvalue weighted by molar-refractivity contribution is -0.118. The molecule has 1 aliphatic heterocycles. The zero-order valence-electron chi connectivity index (χ0n) is 8.95. The van der Waals surface area contributed by atoms with Gasteiger partial charge in [0.25, 0.3) is 0 Å². The fraction of sp³-hybridized carbons (Fsp3) is 0.273. The van der Waals surface area contributed by atoms with Crippen molar-refractivity contribution in [1.29, 1.82) is 5.41 Å². The van der Waals surface area contributed by atoms with E-state index in [1.165, 1.54) is 0 Å². The molecular weight excluding hydrogens is 204 g/mol. The van der Waals surface area contributed by atoms with Crippen LogP contribution in [0.4, 0.5) is 11.4 Å². The minimum absolute atomic E-state index is 0. The lowest BCUT2D eigenvalue weighted by Crippen LogP contribution is -2.44. The molecule has 0 bridgehead atoms. The van der Waals surface area contributed by atoms with Gasteiger partial charge < -0.3 is 16.0 Å². The van der Waals surface area contributed by atoms with Gasteiger partial charge in [-0.1, -0.05) is 12.1 Å². The summed E-state index contributed by atoms with van der Waals surface area (Å²) < 4.78 is 0. The number of anilines is 2. The number of para-hydroxylation sites is 2. The van der Waals surface area contributed by atoms with E-state index in [1.54, 1.807) is 7.05 Å². The summed E-state index contributed by atoms with van der Waals surface area (Å²) in [7, 11) is 1.76. The van der Waals surface area contributed by atoms with Gasteiger partial charge in [0.15, 0.2) is 0 Å². The monoisotopic (exact) mass is 222 g/mol. The molecule has 16 heavy (non-hydrogen) atoms. The summed E-state index contributed by atoms with van der Waals surface area (Å²) in [5.41, 5.74) is 1.61. The van der Waals surface area contributed by atoms with E-state index in [1.807, 2.05) is 24.3 Å². The molecule has 1 amide bonds. The Hall–Kier alpha value is -1.88. The average Bonchev–Trinajstić information content (AvgIpc) is 2.44. The maximum absolute atomic E-state index is 11.8. The molecule has 1 aromatic carbocycles. The largest absolute Gasteiger partial charge is 0.367 e. The molecule has 1 heterocycles. The summed E-state index contributed by atoms with van der Waals surface area (Å²) in [6.45, 7) is 0. The molecule has 1 aliphatic rings. The standard InChI is InChI=1S/C11H14N4O.2H2/c1-13-10-7(6-12)11(16)15-9-5-3-2-4-8(9)14-10;;/h2-7,10,12-14H,1H3,(H,15,16);2*1H. The van der Waals surface area contributed by atoms with Crippen molar-refractivity contribution < 1.29 is 7.65 Å². The van der Waals surface area contributed by atoms with Crippen molar-refractivity contribution in [3.05, 3.63) is 24.3 Å². The molecular formula is C11H18N4O. The quantitative estimate of drug-likeness (QED) is 0.570. The molecule has 0 saturated carbocycles. The van der Waals surface area contributed by atoms with E-state index in [0.29, 0.717) is 0 Å². The molecule has 0 saturated heterocycles. The summed E-state index contributed by atoms with van der Waals surface area (Å²) in [5.74, 6) is -0.691. The van der Waals surface area contributed by atoms with Crippen LogP contribution >= 0.6 is 0 Å². The van der Waals surface area contributed by atoms with Gasteiger partial charge in [0.05, 0.1) is 17.5 Å². The highest BCUT2D eigenvalue weighted by atomic mass is 16.2. The number of benzene rings is 1. The fourth-order valence-electron chi connectivity index (χ4n) is 1.77. The molecule has 5 nitrogen and oxygen atoms in total. The van der Waals surface area contributed by atoms with E-state index in [9.17, 15) is 4.79 Å². The van der Waals surface area contributed by atoms with Gasteiger partial charge in [0, 0.05) is 9.07 Å². The number of rotatable bonds is 2. The van der Waals surface area contributed by atoms with Crippen molar-refractivity contribution in [3.8, 4) is 0 Å². The van der Waals surface area contributed by atoms with Crippen molar-refractivity contribution in [2.75, 3.05) is 17.7 Å². The van der Waals surface area contributed by atoms with Crippen LogP contribution in [0.25, 0.3) is 0 Å². The second-order valence-electron chi connectivity index (χ2n) is 3.64. The van der Waals surface area contributed by atoms with E-state index in [4.69, 9.17) is 5.41 Å². The maximum atomic E-state index is 11.8. The van der Waals surface area contributed by atoms with Gasteiger partial charge in [-0.2, -0.15) is 0 Å². The Labute approximate surface area is 96.7 Å². The summed E-state index contributed by atoms with van der Waals surface area (Å²) in [6.07, 6.45) is 0.885. The highest BCUT2D eigenvalue weighted by Gasteiger charge is 2.29. The molecule has 4 N–H and O–H groups in total. The Morgan fingerprint density at radius 3 is 2.75 bits per heavy atom. The summed E-state index contributed by atoms with van der Waals surface area (Å²) >= 11 is 0. The number of hydrogen-bond acceptors (Lipinski definition) is 4. The first kappa shape index (κ1) is 10.6. The molecule has 2 rings (SSSR count). The molecule has 0 fully saturated rings. The van der Waals surface area contributed by atoms with Gasteiger partial charge in [-0.3, -0.25) is 10.1 Å². The van der Waals surface area contributed by atoms with Crippen molar-refractivity contribution >= 4 is 23.5 Å². The zero-order chi connectivity index (χ0) is 11.5. The maximum Gasteiger partial charge on any atom is 0.236 e. The Balaban J connectivity index is 0.00000144. The van der Waals surface area contributed by atoms with Crippen LogP contribution in [-0.2, 0) is 4.79 Å². The normalized spacial score (nSPS) is 23.7. The number of carbonyl (C=O) groups excluding carboxylic acids is 1. The molecule has 0 spiro atoms. The van der Waals surface area contributed by atoms with Crippen LogP contribution in [0.3, 0.4) is 0 Å². The van der Waals surface area contributed by atoms with Crippen LogP contribution in [0.2, 0.25) is 0 Å². The molecule has 0 aliphatic carbocycles. The SMILES string of the molecule is CNC1Nc2ccccc2NC(=O)C1C=N.[HH].[HH]. The van der Waals surface area contributed by atoms with Crippen LogP contribution in [0.1, 0.15) is 2.85 Å². The van der Waals surface area contributed by atoms with E-state index >= 15 is 0 Å². The Morgan fingerprint density at radius 1 is 1.44 bits per heavy atom. The molecule has 0 aromatic heterocycles. The average molecular weight is 222 g/mol. The molecule has 1 aromatic rings. The van der Waals surface area contributed by atoms with Crippen LogP contribution < -0.4 is 16.0 Å². The predicted molar refractivity (Wildman–Crippen MR) is 68.0 cm³/mol. The summed E-state index contributed by atoms with van der Waals surface area (Å²) in [5, 5.41) is 16.3. The lowest BCUT2D eigenvalue weighted by atomic mass is 10.1. The van der Waals surface area contributed by atoms with Crippen LogP contribution in [0.5, 0.6) is 0 Å². The number of amides is 1. The Bertz CT molecular complexity index is 427. The third kappa shape index (κ3) is 1.77. The minimum atomic E-state index is -0.516. The molecule has 5 heteroatoms. The zero-order valence-corrected chi connectivity index (χ0v) is 8.95. The van der Waals surface area contributed by atoms with Gasteiger partial charge >= 0.3 is 0 Å². The van der Waals surface area contributed by atoms with Crippen molar-refractivity contribution in [2.45, 2.75) is 6.17 Å². The first-order valence-electron chi connectivity index (χ1n) is 5.10. The van der Waals surface area contributed by atoms with Crippen LogP contribution in [0.15, 0.2) is 24.3 Å². The fourth-order valence-corrected chi connectivity index (χ4v) is 1.77. The smallest absolute Gasteiger partial charge is 0.236 e. The number of carbonyl (C=O) groups is 1. The number of hydrogen-bond donors (Lipinski definition) is 4. The first-order chi connectivity index (χ1) is 7.76. The Kier molecular flexibility index (Phi) is 2.87. The summed E-state index contributed by atoms with van der Waals surface area (Å²) in [6, 6.07) is 7.49. The molecule has 2 unspecified atom stereocenters. The first-order valence-corrected chi connectivity index (χ1v) is 5.10. The predicted octanol–water partition coefficient (Wildman–Crippen LogP) is 1.35. The van der Waals surface area contributed by atoms with Crippen molar-refractivity contribution in [1.82, 2.24) is 5.32 Å². The van der Waals surface area contributed by atoms with E-state index in [0.717, 1.165) is 17.6 Å². The lowest BCUT2D eigenvalue weighted by Gasteiger charge is -2.20. The van der Waals surface area contributed by atoms with Gasteiger partial charge in [-0.05, 0) is 19.2 Å². The van der Waals surface area contributed by atoms with E-state index < -0.39 is 5.92 Å². The number of nitrogens with one attached hydrogen (secondary N) is 4. The van der Waals surface area contributed by atoms with Gasteiger partial charge in [0.1, 0.15) is 5.92 Å².